The highest BCUT2D eigenvalue weighted by Gasteiger charge is 2.31. The molecule has 1 aliphatic heterocycles. The summed E-state index contributed by atoms with van der Waals surface area (Å²) in [5.74, 6) is -0.406. The molecule has 1 aromatic heterocycles. The molecule has 2 heterocycles. The zero-order valence-corrected chi connectivity index (χ0v) is 12.9. The van der Waals surface area contributed by atoms with Gasteiger partial charge in [0, 0.05) is 27.9 Å². The number of thiazole rings is 1. The third kappa shape index (κ3) is 2.65. The molecule has 1 aromatic carbocycles. The summed E-state index contributed by atoms with van der Waals surface area (Å²) in [6, 6.07) is 7.24. The van der Waals surface area contributed by atoms with Crippen LogP contribution >= 0.6 is 11.3 Å². The van der Waals surface area contributed by atoms with Gasteiger partial charge in [-0.05, 0) is 13.0 Å². The molecule has 3 rings (SSSR count). The van der Waals surface area contributed by atoms with Gasteiger partial charge < -0.3 is 5.32 Å². The average molecular weight is 313 g/mol. The molecule has 0 spiro atoms. The Morgan fingerprint density at radius 3 is 2.73 bits per heavy atom. The molecular formula is C16H15N3O2S. The number of nitrogens with one attached hydrogen (secondary N) is 1. The van der Waals surface area contributed by atoms with E-state index in [1.165, 1.54) is 16.2 Å². The van der Waals surface area contributed by atoms with Crippen LogP contribution in [0.5, 0.6) is 0 Å². The second-order valence-electron chi connectivity index (χ2n) is 5.04. The van der Waals surface area contributed by atoms with Gasteiger partial charge in [0.1, 0.15) is 11.6 Å². The summed E-state index contributed by atoms with van der Waals surface area (Å²) in [5, 5.41) is 5.56. The molecule has 5 nitrogen and oxygen atoms in total. The maximum atomic E-state index is 12.3. The highest BCUT2D eigenvalue weighted by Crippen LogP contribution is 2.30. The van der Waals surface area contributed by atoms with Crippen molar-refractivity contribution in [1.82, 2.24) is 15.2 Å². The number of carbonyl (C=O) groups is 2. The summed E-state index contributed by atoms with van der Waals surface area (Å²) in [4.78, 5) is 30.0. The van der Waals surface area contributed by atoms with Crippen molar-refractivity contribution in [2.24, 2.45) is 0 Å². The first-order valence-corrected chi connectivity index (χ1v) is 7.72. The number of rotatable bonds is 4. The van der Waals surface area contributed by atoms with Crippen molar-refractivity contribution in [3.05, 3.63) is 58.1 Å². The molecule has 22 heavy (non-hydrogen) atoms. The summed E-state index contributed by atoms with van der Waals surface area (Å²) < 4.78 is 0. The Hall–Kier alpha value is -2.47. The van der Waals surface area contributed by atoms with Crippen LogP contribution in [-0.4, -0.2) is 28.2 Å². The molecule has 1 N–H and O–H groups in total. The number of carbonyl (C=O) groups excluding carboxylic acids is 2. The van der Waals surface area contributed by atoms with Crippen molar-refractivity contribution < 1.29 is 9.59 Å². The number of amides is 2. The van der Waals surface area contributed by atoms with Gasteiger partial charge in [0.25, 0.3) is 5.91 Å². The molecule has 0 fully saturated rings. The monoisotopic (exact) mass is 313 g/mol. The fourth-order valence-electron chi connectivity index (χ4n) is 2.36. The SMILES string of the molecule is C=C1c2ccccc2C(=O)N1CC(=O)NCc1nc(C)cs1. The summed E-state index contributed by atoms with van der Waals surface area (Å²) in [6.45, 7) is 6.17. The molecule has 2 aromatic rings. The standard InChI is InChI=1S/C16H15N3O2S/c1-10-9-22-15(18-10)7-17-14(20)8-19-11(2)12-5-3-4-6-13(12)16(19)21/h3-6,9H,2,7-8H2,1H3,(H,17,20). The second kappa shape index (κ2) is 5.73. The van der Waals surface area contributed by atoms with E-state index < -0.39 is 0 Å². The van der Waals surface area contributed by atoms with Gasteiger partial charge in [0.15, 0.2) is 0 Å². The fraction of sp³-hybridized carbons (Fsp3) is 0.188. The molecule has 0 radical (unpaired) electrons. The minimum absolute atomic E-state index is 0.0310. The van der Waals surface area contributed by atoms with Crippen LogP contribution in [-0.2, 0) is 11.3 Å². The molecule has 0 unspecified atom stereocenters. The summed E-state index contributed by atoms with van der Waals surface area (Å²) >= 11 is 1.50. The van der Waals surface area contributed by atoms with Gasteiger partial charge in [0.2, 0.25) is 5.91 Å². The molecule has 0 bridgehead atoms. The lowest BCUT2D eigenvalue weighted by atomic mass is 10.1. The Labute approximate surface area is 132 Å². The highest BCUT2D eigenvalue weighted by atomic mass is 32.1. The maximum Gasteiger partial charge on any atom is 0.259 e. The molecular weight excluding hydrogens is 298 g/mol. The number of nitrogens with zero attached hydrogens (tertiary/aromatic N) is 2. The van der Waals surface area contributed by atoms with Crippen LogP contribution in [0.2, 0.25) is 0 Å². The fourth-order valence-corrected chi connectivity index (χ4v) is 3.07. The smallest absolute Gasteiger partial charge is 0.259 e. The minimum atomic E-state index is -0.227. The van der Waals surface area contributed by atoms with Crippen molar-refractivity contribution in [3.63, 3.8) is 0 Å². The Balaban J connectivity index is 1.63. The van der Waals surface area contributed by atoms with Crippen molar-refractivity contribution in [1.29, 1.82) is 0 Å². The summed E-state index contributed by atoms with van der Waals surface area (Å²) in [7, 11) is 0. The van der Waals surface area contributed by atoms with Gasteiger partial charge in [-0.25, -0.2) is 4.98 Å². The molecule has 0 aliphatic carbocycles. The van der Waals surface area contributed by atoms with Crippen LogP contribution in [0.1, 0.15) is 26.6 Å². The zero-order chi connectivity index (χ0) is 15.7. The van der Waals surface area contributed by atoms with Crippen molar-refractivity contribution in [2.75, 3.05) is 6.54 Å². The Bertz CT molecular complexity index is 731. The molecule has 2 amide bonds. The molecule has 0 atom stereocenters. The Kier molecular flexibility index (Phi) is 3.77. The molecule has 6 heteroatoms. The van der Waals surface area contributed by atoms with Crippen LogP contribution < -0.4 is 5.32 Å². The van der Waals surface area contributed by atoms with Crippen molar-refractivity contribution in [2.45, 2.75) is 13.5 Å². The minimum Gasteiger partial charge on any atom is -0.348 e. The second-order valence-corrected chi connectivity index (χ2v) is 5.99. The number of hydrogen-bond acceptors (Lipinski definition) is 4. The lowest BCUT2D eigenvalue weighted by molar-refractivity contribution is -0.121. The van der Waals surface area contributed by atoms with Gasteiger partial charge in [-0.15, -0.1) is 11.3 Å². The van der Waals surface area contributed by atoms with Crippen molar-refractivity contribution in [3.8, 4) is 0 Å². The van der Waals surface area contributed by atoms with E-state index in [2.05, 4.69) is 16.9 Å². The van der Waals surface area contributed by atoms with E-state index in [1.807, 2.05) is 24.4 Å². The Morgan fingerprint density at radius 1 is 1.36 bits per heavy atom. The molecule has 1 aliphatic rings. The molecule has 0 saturated carbocycles. The lowest BCUT2D eigenvalue weighted by Gasteiger charge is -2.16. The number of fused-ring (bicyclic) bond motifs is 1. The van der Waals surface area contributed by atoms with E-state index in [9.17, 15) is 9.59 Å². The van der Waals surface area contributed by atoms with E-state index >= 15 is 0 Å². The third-order valence-electron chi connectivity index (χ3n) is 3.44. The van der Waals surface area contributed by atoms with Gasteiger partial charge >= 0.3 is 0 Å². The molecule has 0 saturated heterocycles. The van der Waals surface area contributed by atoms with Crippen LogP contribution in [0, 0.1) is 6.92 Å². The molecule has 112 valence electrons. The number of hydrogen-bond donors (Lipinski definition) is 1. The number of benzene rings is 1. The highest BCUT2D eigenvalue weighted by molar-refractivity contribution is 7.09. The first-order valence-electron chi connectivity index (χ1n) is 6.84. The summed E-state index contributed by atoms with van der Waals surface area (Å²) in [6.07, 6.45) is 0. The quantitative estimate of drug-likeness (QED) is 0.941. The predicted octanol–water partition coefficient (Wildman–Crippen LogP) is 2.19. The van der Waals surface area contributed by atoms with E-state index in [0.29, 0.717) is 17.8 Å². The largest absolute Gasteiger partial charge is 0.348 e. The van der Waals surface area contributed by atoms with Crippen LogP contribution in [0.4, 0.5) is 0 Å². The van der Waals surface area contributed by atoms with E-state index in [-0.39, 0.29) is 18.4 Å². The van der Waals surface area contributed by atoms with Crippen molar-refractivity contribution >= 4 is 28.8 Å². The van der Waals surface area contributed by atoms with Crippen LogP contribution in [0.25, 0.3) is 5.70 Å². The van der Waals surface area contributed by atoms with Crippen LogP contribution in [0.15, 0.2) is 36.2 Å². The lowest BCUT2D eigenvalue weighted by Crippen LogP contribution is -2.36. The average Bonchev–Trinajstić information content (AvgIpc) is 3.03. The first-order chi connectivity index (χ1) is 10.6. The normalized spacial score (nSPS) is 13.4. The van der Waals surface area contributed by atoms with Gasteiger partial charge in [-0.2, -0.15) is 0 Å². The summed E-state index contributed by atoms with van der Waals surface area (Å²) in [5.41, 5.74) is 2.89. The first kappa shape index (κ1) is 14.5. The number of aromatic nitrogens is 1. The van der Waals surface area contributed by atoms with Gasteiger partial charge in [-0.3, -0.25) is 14.5 Å². The maximum absolute atomic E-state index is 12.3. The van der Waals surface area contributed by atoms with E-state index in [4.69, 9.17) is 0 Å². The van der Waals surface area contributed by atoms with Crippen LogP contribution in [0.3, 0.4) is 0 Å². The third-order valence-corrected chi connectivity index (χ3v) is 4.41. The number of aryl methyl sites for hydroxylation is 1. The topological polar surface area (TPSA) is 62.3 Å². The van der Waals surface area contributed by atoms with Gasteiger partial charge in [-0.1, -0.05) is 24.8 Å². The predicted molar refractivity (Wildman–Crippen MR) is 85.2 cm³/mol. The van der Waals surface area contributed by atoms with Gasteiger partial charge in [0.05, 0.1) is 6.54 Å². The Morgan fingerprint density at radius 2 is 2.09 bits per heavy atom. The van der Waals surface area contributed by atoms with E-state index in [0.717, 1.165) is 16.3 Å². The zero-order valence-electron chi connectivity index (χ0n) is 12.1. The van der Waals surface area contributed by atoms with E-state index in [1.54, 1.807) is 12.1 Å².